The van der Waals surface area contributed by atoms with Crippen LogP contribution < -0.4 is 5.73 Å². The summed E-state index contributed by atoms with van der Waals surface area (Å²) in [5.74, 6) is -1.18. The predicted octanol–water partition coefficient (Wildman–Crippen LogP) is 1.77. The van der Waals surface area contributed by atoms with E-state index in [9.17, 15) is 14.4 Å². The summed E-state index contributed by atoms with van der Waals surface area (Å²) in [6.07, 6.45) is 2.58. The van der Waals surface area contributed by atoms with Gasteiger partial charge in [0.25, 0.3) is 11.1 Å². The Bertz CT molecular complexity index is 593. The highest BCUT2D eigenvalue weighted by Gasteiger charge is 2.35. The van der Waals surface area contributed by atoms with Gasteiger partial charge in [-0.1, -0.05) is 31.2 Å². The Balaban J connectivity index is 2.20. The average molecular weight is 290 g/mol. The van der Waals surface area contributed by atoms with Crippen LogP contribution in [-0.2, 0) is 16.0 Å². The molecule has 1 saturated heterocycles. The van der Waals surface area contributed by atoms with Gasteiger partial charge in [0.05, 0.1) is 4.91 Å². The third kappa shape index (κ3) is 3.08. The first-order valence-corrected chi connectivity index (χ1v) is 6.95. The van der Waals surface area contributed by atoms with Gasteiger partial charge in [0.2, 0.25) is 5.91 Å². The zero-order valence-electron chi connectivity index (χ0n) is 11.0. The van der Waals surface area contributed by atoms with Crippen LogP contribution in [0, 0.1) is 0 Å². The SMILES string of the molecule is CCc1ccc(/C=C2\SC(=O)N(CC(N)=O)C2=O)cc1. The van der Waals surface area contributed by atoms with Crippen molar-refractivity contribution in [2.75, 3.05) is 6.54 Å². The van der Waals surface area contributed by atoms with Gasteiger partial charge in [0.15, 0.2) is 0 Å². The molecule has 0 bridgehead atoms. The highest BCUT2D eigenvalue weighted by atomic mass is 32.2. The van der Waals surface area contributed by atoms with E-state index in [2.05, 4.69) is 6.92 Å². The lowest BCUT2D eigenvalue weighted by molar-refractivity contribution is -0.127. The number of primary amides is 1. The van der Waals surface area contributed by atoms with Crippen molar-refractivity contribution in [2.45, 2.75) is 13.3 Å². The molecule has 0 atom stereocenters. The number of nitrogens with zero attached hydrogens (tertiary/aromatic N) is 1. The van der Waals surface area contributed by atoms with E-state index in [1.165, 1.54) is 5.56 Å². The number of hydrogen-bond acceptors (Lipinski definition) is 4. The summed E-state index contributed by atoms with van der Waals surface area (Å²) >= 11 is 0.819. The van der Waals surface area contributed by atoms with Crippen LogP contribution in [0.5, 0.6) is 0 Å². The largest absolute Gasteiger partial charge is 0.368 e. The van der Waals surface area contributed by atoms with Crippen LogP contribution >= 0.6 is 11.8 Å². The maximum absolute atomic E-state index is 12.0. The lowest BCUT2D eigenvalue weighted by atomic mass is 10.1. The zero-order chi connectivity index (χ0) is 14.7. The lowest BCUT2D eigenvalue weighted by Gasteiger charge is -2.08. The van der Waals surface area contributed by atoms with Crippen LogP contribution in [0.1, 0.15) is 18.1 Å². The van der Waals surface area contributed by atoms with Gasteiger partial charge in [0, 0.05) is 0 Å². The molecule has 1 aliphatic heterocycles. The summed E-state index contributed by atoms with van der Waals surface area (Å²) in [6.45, 7) is 1.68. The van der Waals surface area contributed by atoms with E-state index in [1.54, 1.807) is 6.08 Å². The van der Waals surface area contributed by atoms with Crippen LogP contribution in [0.4, 0.5) is 4.79 Å². The molecule has 0 saturated carbocycles. The highest BCUT2D eigenvalue weighted by molar-refractivity contribution is 8.18. The summed E-state index contributed by atoms with van der Waals surface area (Å²) in [5.41, 5.74) is 7.05. The van der Waals surface area contributed by atoms with E-state index in [4.69, 9.17) is 5.73 Å². The Labute approximate surface area is 120 Å². The first-order chi connectivity index (χ1) is 9.51. The molecule has 1 fully saturated rings. The molecule has 3 amide bonds. The number of aryl methyl sites for hydroxylation is 1. The Hall–Kier alpha value is -2.08. The molecule has 2 rings (SSSR count). The predicted molar refractivity (Wildman–Crippen MR) is 77.7 cm³/mol. The number of carbonyl (C=O) groups is 3. The minimum Gasteiger partial charge on any atom is -0.368 e. The summed E-state index contributed by atoms with van der Waals surface area (Å²) < 4.78 is 0. The minimum absolute atomic E-state index is 0.306. The molecular weight excluding hydrogens is 276 g/mol. The number of benzene rings is 1. The number of rotatable bonds is 4. The van der Waals surface area contributed by atoms with Crippen LogP contribution in [0.2, 0.25) is 0 Å². The first-order valence-electron chi connectivity index (χ1n) is 6.14. The number of thioether (sulfide) groups is 1. The minimum atomic E-state index is -0.708. The quantitative estimate of drug-likeness (QED) is 0.857. The fraction of sp³-hybridized carbons (Fsp3) is 0.214. The molecule has 20 heavy (non-hydrogen) atoms. The van der Waals surface area contributed by atoms with Crippen molar-refractivity contribution in [3.05, 3.63) is 40.3 Å². The van der Waals surface area contributed by atoms with Crippen molar-refractivity contribution < 1.29 is 14.4 Å². The average Bonchev–Trinajstić information content (AvgIpc) is 2.67. The van der Waals surface area contributed by atoms with Gasteiger partial charge in [0.1, 0.15) is 6.54 Å². The van der Waals surface area contributed by atoms with Crippen molar-refractivity contribution >= 4 is 34.9 Å². The van der Waals surface area contributed by atoms with Crippen molar-refractivity contribution in [1.29, 1.82) is 0 Å². The smallest absolute Gasteiger partial charge is 0.294 e. The van der Waals surface area contributed by atoms with E-state index in [0.717, 1.165) is 28.6 Å². The Morgan fingerprint density at radius 1 is 1.30 bits per heavy atom. The first kappa shape index (κ1) is 14.3. The number of carbonyl (C=O) groups excluding carboxylic acids is 3. The maximum atomic E-state index is 12.0. The molecule has 0 aliphatic carbocycles. The molecule has 1 aromatic carbocycles. The second-order valence-corrected chi connectivity index (χ2v) is 5.32. The van der Waals surface area contributed by atoms with Crippen LogP contribution in [0.25, 0.3) is 6.08 Å². The molecule has 104 valence electrons. The molecule has 6 heteroatoms. The zero-order valence-corrected chi connectivity index (χ0v) is 11.8. The topological polar surface area (TPSA) is 80.5 Å². The molecule has 1 heterocycles. The third-order valence-electron chi connectivity index (χ3n) is 2.87. The summed E-state index contributed by atoms with van der Waals surface area (Å²) in [5, 5.41) is -0.467. The van der Waals surface area contributed by atoms with Gasteiger partial charge in [-0.2, -0.15) is 0 Å². The monoisotopic (exact) mass is 290 g/mol. The number of amides is 3. The van der Waals surface area contributed by atoms with Gasteiger partial charge >= 0.3 is 0 Å². The van der Waals surface area contributed by atoms with Crippen molar-refractivity contribution in [2.24, 2.45) is 5.73 Å². The fourth-order valence-electron chi connectivity index (χ4n) is 1.79. The molecule has 0 aromatic heterocycles. The van der Waals surface area contributed by atoms with E-state index in [1.807, 2.05) is 24.3 Å². The van der Waals surface area contributed by atoms with Crippen molar-refractivity contribution in [3.63, 3.8) is 0 Å². The molecular formula is C14H14N2O3S. The molecule has 1 aliphatic rings. The molecule has 0 radical (unpaired) electrons. The van der Waals surface area contributed by atoms with Gasteiger partial charge in [-0.15, -0.1) is 0 Å². The number of nitrogens with two attached hydrogens (primary N) is 1. The standard InChI is InChI=1S/C14H14N2O3S/c1-2-9-3-5-10(6-4-9)7-11-13(18)16(8-12(15)17)14(19)20-11/h3-7H,2,8H2,1H3,(H2,15,17)/b11-7-. The molecule has 0 unspecified atom stereocenters. The maximum Gasteiger partial charge on any atom is 0.294 e. The van der Waals surface area contributed by atoms with E-state index < -0.39 is 17.1 Å². The lowest BCUT2D eigenvalue weighted by Crippen LogP contribution is -2.36. The summed E-state index contributed by atoms with van der Waals surface area (Å²) in [4.78, 5) is 35.6. The van der Waals surface area contributed by atoms with E-state index >= 15 is 0 Å². The van der Waals surface area contributed by atoms with Crippen molar-refractivity contribution in [3.8, 4) is 0 Å². The van der Waals surface area contributed by atoms with Crippen LogP contribution in [0.3, 0.4) is 0 Å². The van der Waals surface area contributed by atoms with Crippen LogP contribution in [-0.4, -0.2) is 28.5 Å². The molecule has 0 spiro atoms. The second-order valence-electron chi connectivity index (χ2n) is 4.33. The van der Waals surface area contributed by atoms with Crippen molar-refractivity contribution in [1.82, 2.24) is 4.90 Å². The highest BCUT2D eigenvalue weighted by Crippen LogP contribution is 2.31. The summed E-state index contributed by atoms with van der Waals surface area (Å²) in [7, 11) is 0. The summed E-state index contributed by atoms with van der Waals surface area (Å²) in [6, 6.07) is 7.72. The van der Waals surface area contributed by atoms with Gasteiger partial charge in [-0.3, -0.25) is 19.3 Å². The Morgan fingerprint density at radius 2 is 1.95 bits per heavy atom. The molecule has 5 nitrogen and oxygen atoms in total. The Morgan fingerprint density at radius 3 is 2.50 bits per heavy atom. The normalized spacial score (nSPS) is 17.1. The second kappa shape index (κ2) is 5.92. The number of hydrogen-bond donors (Lipinski definition) is 1. The van der Waals surface area contributed by atoms with Gasteiger partial charge < -0.3 is 5.73 Å². The molecule has 2 N–H and O–H groups in total. The van der Waals surface area contributed by atoms with E-state index in [-0.39, 0.29) is 6.54 Å². The fourth-order valence-corrected chi connectivity index (χ4v) is 2.63. The Kier molecular flexibility index (Phi) is 4.24. The van der Waals surface area contributed by atoms with Gasteiger partial charge in [-0.05, 0) is 35.4 Å². The van der Waals surface area contributed by atoms with Gasteiger partial charge in [-0.25, -0.2) is 0 Å². The molecule has 1 aromatic rings. The van der Waals surface area contributed by atoms with E-state index in [0.29, 0.717) is 4.91 Å². The van der Waals surface area contributed by atoms with Crippen LogP contribution in [0.15, 0.2) is 29.2 Å². The third-order valence-corrected chi connectivity index (χ3v) is 3.78. The number of imide groups is 1.